The molecular weight excluding hydrogens is 237 g/mol. The smallest absolute Gasteiger partial charge is 0.274 e. The van der Waals surface area contributed by atoms with Crippen LogP contribution in [0.1, 0.15) is 13.8 Å². The number of nitrogens with zero attached hydrogens (tertiary/aromatic N) is 1. The van der Waals surface area contributed by atoms with Gasteiger partial charge in [-0.1, -0.05) is 18.2 Å². The fourth-order valence-corrected chi connectivity index (χ4v) is 3.46. The van der Waals surface area contributed by atoms with Gasteiger partial charge in [0, 0.05) is 5.30 Å². The highest BCUT2D eigenvalue weighted by Gasteiger charge is 2.32. The first-order valence-corrected chi connectivity index (χ1v) is 6.79. The lowest BCUT2D eigenvalue weighted by molar-refractivity contribution is 0.343. The van der Waals surface area contributed by atoms with Crippen LogP contribution >= 0.6 is 7.37 Å². The van der Waals surface area contributed by atoms with E-state index in [1.54, 1.807) is 43.3 Å². The topological polar surface area (TPSA) is 70.3 Å². The second-order valence-electron chi connectivity index (χ2n) is 3.35. The fourth-order valence-electron chi connectivity index (χ4n) is 1.43. The minimum atomic E-state index is -3.47. The van der Waals surface area contributed by atoms with Crippen molar-refractivity contribution in [2.75, 3.05) is 6.61 Å². The highest BCUT2D eigenvalue weighted by molar-refractivity contribution is 7.71. The summed E-state index contributed by atoms with van der Waals surface area (Å²) in [5.41, 5.74) is 0. The third-order valence-corrected chi connectivity index (χ3v) is 4.76. The van der Waals surface area contributed by atoms with Gasteiger partial charge in [0.25, 0.3) is 7.37 Å². The fraction of sp³-hybridized carbons (Fsp3) is 0.250. The summed E-state index contributed by atoms with van der Waals surface area (Å²) in [6.07, 6.45) is 0. The van der Waals surface area contributed by atoms with E-state index < -0.39 is 7.37 Å². The van der Waals surface area contributed by atoms with Gasteiger partial charge >= 0.3 is 0 Å². The highest BCUT2D eigenvalue weighted by atomic mass is 31.2. The van der Waals surface area contributed by atoms with Crippen molar-refractivity contribution < 1.29 is 14.2 Å². The Morgan fingerprint density at radius 3 is 2.47 bits per heavy atom. The molecule has 1 aromatic rings. The lowest BCUT2D eigenvalue weighted by Crippen LogP contribution is -2.09. The van der Waals surface area contributed by atoms with Crippen molar-refractivity contribution >= 4 is 12.7 Å². The van der Waals surface area contributed by atoms with Crippen molar-refractivity contribution in [2.45, 2.75) is 13.8 Å². The van der Waals surface area contributed by atoms with Crippen molar-refractivity contribution in [3.63, 3.8) is 0 Å². The molecule has 1 unspecified atom stereocenters. The van der Waals surface area contributed by atoms with E-state index in [1.807, 2.05) is 0 Å². The standard InChI is InChI=1S/C12H14NO3P/c1-3-16-17(15,12(9-13)10(2)14)11-7-5-4-6-8-11/h4-8,14H,3H2,1-2H3/b12-10+. The summed E-state index contributed by atoms with van der Waals surface area (Å²) in [5, 5.41) is 18.6. The van der Waals surface area contributed by atoms with Gasteiger partial charge in [0.15, 0.2) is 5.31 Å². The minimum absolute atomic E-state index is 0.199. The van der Waals surface area contributed by atoms with Gasteiger partial charge in [-0.3, -0.25) is 4.57 Å². The van der Waals surface area contributed by atoms with E-state index in [1.165, 1.54) is 6.92 Å². The van der Waals surface area contributed by atoms with Crippen molar-refractivity contribution in [1.29, 1.82) is 5.26 Å². The molecule has 1 N–H and O–H groups in total. The Morgan fingerprint density at radius 2 is 2.06 bits per heavy atom. The molecule has 4 nitrogen and oxygen atoms in total. The van der Waals surface area contributed by atoms with E-state index >= 15 is 0 Å². The van der Waals surface area contributed by atoms with E-state index in [0.717, 1.165) is 0 Å². The molecule has 1 rings (SSSR count). The van der Waals surface area contributed by atoms with Crippen LogP contribution in [-0.4, -0.2) is 11.7 Å². The van der Waals surface area contributed by atoms with Gasteiger partial charge in [0.05, 0.1) is 6.61 Å². The SMILES string of the molecule is CCOP(=O)(/C(C#N)=C(\C)O)c1ccccc1. The summed E-state index contributed by atoms with van der Waals surface area (Å²) in [5.74, 6) is -0.270. The molecule has 5 heteroatoms. The number of hydrogen-bond donors (Lipinski definition) is 1. The van der Waals surface area contributed by atoms with Gasteiger partial charge in [-0.2, -0.15) is 5.26 Å². The maximum atomic E-state index is 12.7. The van der Waals surface area contributed by atoms with Crippen molar-refractivity contribution in [3.8, 4) is 6.07 Å². The van der Waals surface area contributed by atoms with Crippen LogP contribution in [0.25, 0.3) is 0 Å². The maximum Gasteiger partial charge on any atom is 0.274 e. The minimum Gasteiger partial charge on any atom is -0.511 e. The van der Waals surface area contributed by atoms with Gasteiger partial charge in [0.2, 0.25) is 0 Å². The number of nitriles is 1. The van der Waals surface area contributed by atoms with Crippen molar-refractivity contribution in [1.82, 2.24) is 0 Å². The molecule has 0 saturated carbocycles. The zero-order valence-corrected chi connectivity index (χ0v) is 10.6. The molecular formula is C12H14NO3P. The molecule has 0 aromatic heterocycles. The summed E-state index contributed by atoms with van der Waals surface area (Å²) in [6, 6.07) is 10.2. The van der Waals surface area contributed by atoms with Crippen LogP contribution in [0.2, 0.25) is 0 Å². The lowest BCUT2D eigenvalue weighted by atomic mass is 10.4. The summed E-state index contributed by atoms with van der Waals surface area (Å²) < 4.78 is 18.0. The number of rotatable bonds is 4. The molecule has 0 aliphatic carbocycles. The first-order valence-electron chi connectivity index (χ1n) is 5.17. The van der Waals surface area contributed by atoms with Crippen LogP contribution < -0.4 is 5.30 Å². The molecule has 0 radical (unpaired) electrons. The monoisotopic (exact) mass is 251 g/mol. The Balaban J connectivity index is 3.40. The largest absolute Gasteiger partial charge is 0.511 e. The molecule has 1 aromatic carbocycles. The molecule has 90 valence electrons. The third-order valence-electron chi connectivity index (χ3n) is 2.15. The predicted molar refractivity (Wildman–Crippen MR) is 66.3 cm³/mol. The summed E-state index contributed by atoms with van der Waals surface area (Å²) in [7, 11) is -3.47. The number of allylic oxidation sites excluding steroid dienone is 2. The number of aliphatic hydroxyl groups is 1. The maximum absolute atomic E-state index is 12.7. The molecule has 0 aliphatic rings. The number of benzene rings is 1. The quantitative estimate of drug-likeness (QED) is 0.507. The van der Waals surface area contributed by atoms with Crippen LogP contribution in [0.5, 0.6) is 0 Å². The van der Waals surface area contributed by atoms with Gasteiger partial charge in [-0.25, -0.2) is 0 Å². The molecule has 0 heterocycles. The Morgan fingerprint density at radius 1 is 1.47 bits per heavy atom. The van der Waals surface area contributed by atoms with Crippen LogP contribution in [-0.2, 0) is 9.09 Å². The van der Waals surface area contributed by atoms with E-state index in [4.69, 9.17) is 9.79 Å². The first-order chi connectivity index (χ1) is 8.06. The van der Waals surface area contributed by atoms with Gasteiger partial charge in [0.1, 0.15) is 11.8 Å². The van der Waals surface area contributed by atoms with Gasteiger partial charge in [-0.05, 0) is 26.0 Å². The molecule has 1 atom stereocenters. The Hall–Kier alpha value is -1.56. The number of aliphatic hydroxyl groups excluding tert-OH is 1. The molecule has 0 fully saturated rings. The van der Waals surface area contributed by atoms with E-state index in [-0.39, 0.29) is 17.7 Å². The molecule has 0 bridgehead atoms. The zero-order valence-electron chi connectivity index (χ0n) is 9.75. The molecule has 0 saturated heterocycles. The van der Waals surface area contributed by atoms with Crippen molar-refractivity contribution in [2.24, 2.45) is 0 Å². The summed E-state index contributed by atoms with van der Waals surface area (Å²) >= 11 is 0. The molecule has 0 aliphatic heterocycles. The van der Waals surface area contributed by atoms with Crippen LogP contribution in [0.4, 0.5) is 0 Å². The molecule has 0 amide bonds. The summed E-state index contributed by atoms with van der Waals surface area (Å²) in [4.78, 5) is 0. The van der Waals surface area contributed by atoms with E-state index in [0.29, 0.717) is 5.30 Å². The van der Waals surface area contributed by atoms with Crippen molar-refractivity contribution in [3.05, 3.63) is 41.4 Å². The second-order valence-corrected chi connectivity index (χ2v) is 5.68. The Kier molecular flexibility index (Phi) is 4.51. The Labute approximate surface area is 101 Å². The normalized spacial score (nSPS) is 15.6. The van der Waals surface area contributed by atoms with Crippen LogP contribution in [0.15, 0.2) is 41.4 Å². The summed E-state index contributed by atoms with van der Waals surface area (Å²) in [6.45, 7) is 3.22. The highest BCUT2D eigenvalue weighted by Crippen LogP contribution is 2.54. The lowest BCUT2D eigenvalue weighted by Gasteiger charge is -2.17. The second kappa shape index (κ2) is 5.67. The molecule has 0 spiro atoms. The van der Waals surface area contributed by atoms with Gasteiger partial charge < -0.3 is 9.63 Å². The average Bonchev–Trinajstić information content (AvgIpc) is 2.31. The predicted octanol–water partition coefficient (Wildman–Crippen LogP) is 2.94. The van der Waals surface area contributed by atoms with E-state index in [9.17, 15) is 9.67 Å². The van der Waals surface area contributed by atoms with Gasteiger partial charge in [-0.15, -0.1) is 0 Å². The van der Waals surface area contributed by atoms with E-state index in [2.05, 4.69) is 0 Å². The average molecular weight is 251 g/mol. The molecule has 17 heavy (non-hydrogen) atoms. The Bertz CT molecular complexity index is 498. The first kappa shape index (κ1) is 13.5. The number of hydrogen-bond acceptors (Lipinski definition) is 4. The van der Waals surface area contributed by atoms with Crippen LogP contribution in [0, 0.1) is 11.3 Å². The third kappa shape index (κ3) is 2.76. The zero-order chi connectivity index (χ0) is 12.9. The van der Waals surface area contributed by atoms with Crippen LogP contribution in [0.3, 0.4) is 0 Å².